The van der Waals surface area contributed by atoms with Crippen LogP contribution in [0.1, 0.15) is 26.2 Å². The van der Waals surface area contributed by atoms with Crippen molar-refractivity contribution >= 4 is 17.4 Å². The molecule has 0 bridgehead atoms. The predicted octanol–water partition coefficient (Wildman–Crippen LogP) is 2.76. The van der Waals surface area contributed by atoms with Gasteiger partial charge < -0.3 is 4.90 Å². The molecule has 2 rings (SSSR count). The largest absolute Gasteiger partial charge is 0.355 e. The number of anilines is 1. The average Bonchev–Trinajstić information content (AvgIpc) is 2.44. The van der Waals surface area contributed by atoms with Crippen LogP contribution in [-0.2, 0) is 0 Å². The van der Waals surface area contributed by atoms with Crippen molar-refractivity contribution in [3.05, 3.63) is 17.5 Å². The maximum atomic E-state index is 5.71. The Morgan fingerprint density at radius 1 is 1.27 bits per heavy atom. The molecule has 0 spiro atoms. The fourth-order valence-electron chi connectivity index (χ4n) is 1.96. The summed E-state index contributed by atoms with van der Waals surface area (Å²) in [7, 11) is 0. The smallest absolute Gasteiger partial charge is 0.147 e. The first-order chi connectivity index (χ1) is 7.25. The molecule has 1 saturated heterocycles. The number of hydrogen-bond acceptors (Lipinski definition) is 3. The zero-order valence-corrected chi connectivity index (χ0v) is 9.74. The van der Waals surface area contributed by atoms with Gasteiger partial charge in [-0.15, -0.1) is 0 Å². The Balaban J connectivity index is 2.06. The highest BCUT2D eigenvalue weighted by Crippen LogP contribution is 2.20. The minimum absolute atomic E-state index is 0.460. The van der Waals surface area contributed by atoms with E-state index in [0.717, 1.165) is 24.8 Å². The van der Waals surface area contributed by atoms with Gasteiger partial charge in [-0.25, -0.2) is 9.97 Å². The third kappa shape index (κ3) is 2.81. The molecule has 0 radical (unpaired) electrons. The molecule has 0 saturated carbocycles. The molecule has 1 fully saturated rings. The summed E-state index contributed by atoms with van der Waals surface area (Å²) in [6, 6.07) is 0. The lowest BCUT2D eigenvalue weighted by Gasteiger charge is -2.20. The van der Waals surface area contributed by atoms with Gasteiger partial charge in [0.05, 0.1) is 12.4 Å². The Hall–Kier alpha value is -0.830. The highest BCUT2D eigenvalue weighted by molar-refractivity contribution is 6.29. The van der Waals surface area contributed by atoms with Gasteiger partial charge in [-0.05, 0) is 25.2 Å². The van der Waals surface area contributed by atoms with Gasteiger partial charge in [0.25, 0.3) is 0 Å². The van der Waals surface area contributed by atoms with Crippen LogP contribution in [0.15, 0.2) is 12.4 Å². The third-order valence-electron chi connectivity index (χ3n) is 2.95. The second-order valence-electron chi connectivity index (χ2n) is 4.22. The predicted molar refractivity (Wildman–Crippen MR) is 62.3 cm³/mol. The fourth-order valence-corrected chi connectivity index (χ4v) is 2.06. The lowest BCUT2D eigenvalue weighted by atomic mass is 10.0. The Morgan fingerprint density at radius 3 is 2.87 bits per heavy atom. The zero-order valence-electron chi connectivity index (χ0n) is 8.99. The average molecular weight is 226 g/mol. The van der Waals surface area contributed by atoms with Crippen LogP contribution in [0.2, 0.25) is 5.15 Å². The van der Waals surface area contributed by atoms with E-state index in [1.807, 2.05) is 0 Å². The minimum Gasteiger partial charge on any atom is -0.355 e. The van der Waals surface area contributed by atoms with Crippen molar-refractivity contribution in [1.29, 1.82) is 0 Å². The van der Waals surface area contributed by atoms with Crippen molar-refractivity contribution < 1.29 is 0 Å². The second kappa shape index (κ2) is 4.79. The first kappa shape index (κ1) is 10.7. The van der Waals surface area contributed by atoms with E-state index in [1.165, 1.54) is 19.3 Å². The summed E-state index contributed by atoms with van der Waals surface area (Å²) < 4.78 is 0. The van der Waals surface area contributed by atoms with Crippen molar-refractivity contribution in [3.8, 4) is 0 Å². The summed E-state index contributed by atoms with van der Waals surface area (Å²) in [5.74, 6) is 1.78. The summed E-state index contributed by atoms with van der Waals surface area (Å²) in [5, 5.41) is 0.460. The molecule has 82 valence electrons. The number of halogens is 1. The van der Waals surface area contributed by atoms with Crippen LogP contribution in [0.5, 0.6) is 0 Å². The van der Waals surface area contributed by atoms with E-state index < -0.39 is 0 Å². The number of hydrogen-bond donors (Lipinski definition) is 0. The van der Waals surface area contributed by atoms with Crippen LogP contribution in [0.3, 0.4) is 0 Å². The topological polar surface area (TPSA) is 29.0 Å². The standard InChI is InChI=1S/C11H16ClN3/c1-9-3-2-5-15(6-4-9)11-8-13-10(12)7-14-11/h7-9H,2-6H2,1H3. The molecule has 0 aliphatic carbocycles. The van der Waals surface area contributed by atoms with E-state index in [9.17, 15) is 0 Å². The van der Waals surface area contributed by atoms with Crippen molar-refractivity contribution in [3.63, 3.8) is 0 Å². The molecule has 1 aliphatic heterocycles. The first-order valence-corrected chi connectivity index (χ1v) is 5.86. The molecule has 0 N–H and O–H groups in total. The molecule has 0 aromatic carbocycles. The molecule has 3 nitrogen and oxygen atoms in total. The van der Waals surface area contributed by atoms with Gasteiger partial charge in [0.1, 0.15) is 11.0 Å². The fraction of sp³-hybridized carbons (Fsp3) is 0.636. The summed E-state index contributed by atoms with van der Waals surface area (Å²) in [6.07, 6.45) is 7.18. The third-order valence-corrected chi connectivity index (χ3v) is 3.14. The van der Waals surface area contributed by atoms with Gasteiger partial charge in [0.2, 0.25) is 0 Å². The van der Waals surface area contributed by atoms with Crippen LogP contribution in [-0.4, -0.2) is 23.1 Å². The number of nitrogens with zero attached hydrogens (tertiary/aromatic N) is 3. The van der Waals surface area contributed by atoms with Crippen molar-refractivity contribution in [1.82, 2.24) is 9.97 Å². The lowest BCUT2D eigenvalue weighted by molar-refractivity contribution is 0.521. The minimum atomic E-state index is 0.460. The van der Waals surface area contributed by atoms with E-state index in [0.29, 0.717) is 5.15 Å². The summed E-state index contributed by atoms with van der Waals surface area (Å²) >= 11 is 5.71. The summed E-state index contributed by atoms with van der Waals surface area (Å²) in [6.45, 7) is 4.48. The Kier molecular flexibility index (Phi) is 3.41. The van der Waals surface area contributed by atoms with Crippen LogP contribution < -0.4 is 4.90 Å². The maximum absolute atomic E-state index is 5.71. The van der Waals surface area contributed by atoms with Crippen LogP contribution in [0.25, 0.3) is 0 Å². The molecular formula is C11H16ClN3. The molecule has 1 aliphatic rings. The van der Waals surface area contributed by atoms with E-state index in [2.05, 4.69) is 21.8 Å². The molecule has 0 amide bonds. The SMILES string of the molecule is CC1CCCN(c2cnc(Cl)cn2)CC1. The zero-order chi connectivity index (χ0) is 10.7. The molecule has 15 heavy (non-hydrogen) atoms. The maximum Gasteiger partial charge on any atom is 0.147 e. The quantitative estimate of drug-likeness (QED) is 0.736. The normalized spacial score (nSPS) is 22.5. The van der Waals surface area contributed by atoms with Gasteiger partial charge in [-0.2, -0.15) is 0 Å². The number of aromatic nitrogens is 2. The highest BCUT2D eigenvalue weighted by atomic mass is 35.5. The van der Waals surface area contributed by atoms with Crippen LogP contribution in [0.4, 0.5) is 5.82 Å². The molecule has 4 heteroatoms. The van der Waals surface area contributed by atoms with E-state index in [-0.39, 0.29) is 0 Å². The van der Waals surface area contributed by atoms with E-state index >= 15 is 0 Å². The monoisotopic (exact) mass is 225 g/mol. The van der Waals surface area contributed by atoms with Crippen LogP contribution >= 0.6 is 11.6 Å². The Labute approximate surface area is 95.5 Å². The second-order valence-corrected chi connectivity index (χ2v) is 4.61. The molecule has 1 aromatic rings. The lowest BCUT2D eigenvalue weighted by Crippen LogP contribution is -2.25. The molecule has 1 unspecified atom stereocenters. The molecule has 1 aromatic heterocycles. The highest BCUT2D eigenvalue weighted by Gasteiger charge is 2.14. The van der Waals surface area contributed by atoms with E-state index in [4.69, 9.17) is 11.6 Å². The van der Waals surface area contributed by atoms with Gasteiger partial charge >= 0.3 is 0 Å². The van der Waals surface area contributed by atoms with Crippen LogP contribution in [0, 0.1) is 5.92 Å². The van der Waals surface area contributed by atoms with Gasteiger partial charge in [0, 0.05) is 13.1 Å². The molecular weight excluding hydrogens is 210 g/mol. The van der Waals surface area contributed by atoms with Gasteiger partial charge in [-0.1, -0.05) is 18.5 Å². The number of rotatable bonds is 1. The van der Waals surface area contributed by atoms with Crippen molar-refractivity contribution in [2.24, 2.45) is 5.92 Å². The van der Waals surface area contributed by atoms with Gasteiger partial charge in [0.15, 0.2) is 0 Å². The first-order valence-electron chi connectivity index (χ1n) is 5.48. The van der Waals surface area contributed by atoms with E-state index in [1.54, 1.807) is 12.4 Å². The Bertz CT molecular complexity index is 312. The van der Waals surface area contributed by atoms with Gasteiger partial charge in [-0.3, -0.25) is 0 Å². The molecule has 2 heterocycles. The summed E-state index contributed by atoms with van der Waals surface area (Å²) in [5.41, 5.74) is 0. The molecule has 1 atom stereocenters. The van der Waals surface area contributed by atoms with Crippen molar-refractivity contribution in [2.75, 3.05) is 18.0 Å². The Morgan fingerprint density at radius 2 is 2.13 bits per heavy atom. The van der Waals surface area contributed by atoms with Crippen molar-refractivity contribution in [2.45, 2.75) is 26.2 Å². The summed E-state index contributed by atoms with van der Waals surface area (Å²) in [4.78, 5) is 10.7.